The molecule has 0 spiro atoms. The topological polar surface area (TPSA) is 38.7 Å². The van der Waals surface area contributed by atoms with E-state index in [1.54, 1.807) is 13.8 Å². The molecular formula is C11H10ClF2NO2. The molecule has 1 aromatic carbocycles. The number of halogens is 3. The Kier molecular flexibility index (Phi) is 4.21. The first-order chi connectivity index (χ1) is 7.86. The van der Waals surface area contributed by atoms with E-state index in [0.29, 0.717) is 10.6 Å². The van der Waals surface area contributed by atoms with Gasteiger partial charge in [-0.25, -0.2) is 4.79 Å². The number of nitrogens with zero attached hydrogens (tertiary/aromatic N) is 1. The van der Waals surface area contributed by atoms with Crippen LogP contribution in [-0.4, -0.2) is 12.7 Å². The SMILES string of the molecule is CC(C)(N=C=O)c1cc(Cl)ccc1OC(F)F. The molecule has 92 valence electrons. The lowest BCUT2D eigenvalue weighted by molar-refractivity contribution is -0.0509. The summed E-state index contributed by atoms with van der Waals surface area (Å²) in [5.74, 6) is -0.0617. The maximum atomic E-state index is 12.2. The maximum absolute atomic E-state index is 12.2. The second kappa shape index (κ2) is 5.25. The van der Waals surface area contributed by atoms with Crippen LogP contribution in [0.2, 0.25) is 5.02 Å². The lowest BCUT2D eigenvalue weighted by atomic mass is 9.94. The first-order valence-corrected chi connectivity index (χ1v) is 5.08. The standard InChI is InChI=1S/C11H10ClF2NO2/c1-11(2,15-6-16)8-5-7(12)3-4-9(8)17-10(13)14/h3-5,10H,1-2H3. The second-order valence-electron chi connectivity index (χ2n) is 3.78. The Morgan fingerprint density at radius 3 is 2.65 bits per heavy atom. The molecule has 0 aliphatic carbocycles. The molecule has 0 atom stereocenters. The number of benzene rings is 1. The number of carbonyl (C=O) groups excluding carboxylic acids is 1. The third-order valence-electron chi connectivity index (χ3n) is 2.14. The van der Waals surface area contributed by atoms with E-state index >= 15 is 0 Å². The van der Waals surface area contributed by atoms with Crippen molar-refractivity contribution in [1.82, 2.24) is 0 Å². The summed E-state index contributed by atoms with van der Waals surface area (Å²) in [5.41, 5.74) is -0.731. The highest BCUT2D eigenvalue weighted by molar-refractivity contribution is 6.30. The fourth-order valence-corrected chi connectivity index (χ4v) is 1.53. The van der Waals surface area contributed by atoms with Gasteiger partial charge >= 0.3 is 6.61 Å². The molecule has 0 unspecified atom stereocenters. The molecule has 0 bridgehead atoms. The molecule has 0 heterocycles. The molecule has 0 radical (unpaired) electrons. The number of aliphatic imine (C=N–C) groups is 1. The lowest BCUT2D eigenvalue weighted by Gasteiger charge is -2.21. The van der Waals surface area contributed by atoms with Crippen LogP contribution in [-0.2, 0) is 10.3 Å². The number of isocyanates is 1. The normalized spacial score (nSPS) is 11.2. The molecule has 0 saturated heterocycles. The van der Waals surface area contributed by atoms with Gasteiger partial charge in [0.1, 0.15) is 5.75 Å². The molecule has 0 aliphatic heterocycles. The predicted octanol–water partition coefficient (Wildman–Crippen LogP) is 3.51. The molecule has 1 rings (SSSR count). The van der Waals surface area contributed by atoms with E-state index in [0.717, 1.165) is 0 Å². The summed E-state index contributed by atoms with van der Waals surface area (Å²) in [4.78, 5) is 13.8. The summed E-state index contributed by atoms with van der Waals surface area (Å²) >= 11 is 5.78. The lowest BCUT2D eigenvalue weighted by Crippen LogP contribution is -2.16. The van der Waals surface area contributed by atoms with Crippen molar-refractivity contribution in [2.24, 2.45) is 4.99 Å². The highest BCUT2D eigenvalue weighted by atomic mass is 35.5. The van der Waals surface area contributed by atoms with Crippen molar-refractivity contribution >= 4 is 17.7 Å². The highest BCUT2D eigenvalue weighted by Gasteiger charge is 2.25. The third kappa shape index (κ3) is 3.51. The number of ether oxygens (including phenoxy) is 1. The first kappa shape index (κ1) is 13.6. The Labute approximate surface area is 102 Å². The van der Waals surface area contributed by atoms with Gasteiger partial charge in [-0.05, 0) is 32.0 Å². The third-order valence-corrected chi connectivity index (χ3v) is 2.38. The van der Waals surface area contributed by atoms with E-state index in [-0.39, 0.29) is 5.75 Å². The summed E-state index contributed by atoms with van der Waals surface area (Å²) in [6.07, 6.45) is 1.40. The van der Waals surface area contributed by atoms with Crippen LogP contribution in [0.25, 0.3) is 0 Å². The zero-order chi connectivity index (χ0) is 13.1. The Balaban J connectivity index is 3.28. The van der Waals surface area contributed by atoms with Gasteiger partial charge in [-0.2, -0.15) is 13.8 Å². The van der Waals surface area contributed by atoms with Crippen LogP contribution < -0.4 is 4.74 Å². The van der Waals surface area contributed by atoms with E-state index in [4.69, 9.17) is 11.6 Å². The van der Waals surface area contributed by atoms with Crippen LogP contribution in [0.3, 0.4) is 0 Å². The summed E-state index contributed by atoms with van der Waals surface area (Å²) in [7, 11) is 0. The average molecular weight is 262 g/mol. The molecule has 0 aromatic heterocycles. The molecule has 1 aromatic rings. The van der Waals surface area contributed by atoms with Crippen LogP contribution in [0, 0.1) is 0 Å². The minimum atomic E-state index is -2.95. The van der Waals surface area contributed by atoms with Crippen LogP contribution in [0.5, 0.6) is 5.75 Å². The average Bonchev–Trinajstić information content (AvgIpc) is 2.20. The van der Waals surface area contributed by atoms with Crippen molar-refractivity contribution < 1.29 is 18.3 Å². The van der Waals surface area contributed by atoms with Gasteiger partial charge < -0.3 is 4.74 Å². The zero-order valence-electron chi connectivity index (χ0n) is 9.21. The van der Waals surface area contributed by atoms with Crippen LogP contribution in [0.1, 0.15) is 19.4 Å². The fourth-order valence-electron chi connectivity index (χ4n) is 1.35. The van der Waals surface area contributed by atoms with E-state index in [1.807, 2.05) is 0 Å². The Bertz CT molecular complexity index is 457. The Morgan fingerprint density at radius 2 is 2.12 bits per heavy atom. The number of hydrogen-bond donors (Lipinski definition) is 0. The maximum Gasteiger partial charge on any atom is 0.387 e. The number of hydrogen-bond acceptors (Lipinski definition) is 3. The van der Waals surface area contributed by atoms with Crippen molar-refractivity contribution in [3.63, 3.8) is 0 Å². The second-order valence-corrected chi connectivity index (χ2v) is 4.22. The van der Waals surface area contributed by atoms with E-state index < -0.39 is 12.2 Å². The molecule has 17 heavy (non-hydrogen) atoms. The van der Waals surface area contributed by atoms with Gasteiger partial charge in [0, 0.05) is 10.6 Å². The van der Waals surface area contributed by atoms with Gasteiger partial charge in [-0.3, -0.25) is 0 Å². The predicted molar refractivity (Wildman–Crippen MR) is 59.2 cm³/mol. The molecule has 0 N–H and O–H groups in total. The molecule has 0 fully saturated rings. The smallest absolute Gasteiger partial charge is 0.387 e. The van der Waals surface area contributed by atoms with Gasteiger partial charge in [-0.1, -0.05) is 11.6 Å². The van der Waals surface area contributed by atoms with Crippen molar-refractivity contribution in [3.8, 4) is 5.75 Å². The molecule has 3 nitrogen and oxygen atoms in total. The van der Waals surface area contributed by atoms with Gasteiger partial charge in [0.15, 0.2) is 0 Å². The first-order valence-electron chi connectivity index (χ1n) is 4.70. The van der Waals surface area contributed by atoms with E-state index in [1.165, 1.54) is 24.3 Å². The molecular weight excluding hydrogens is 252 g/mol. The molecule has 0 saturated carbocycles. The molecule has 0 aliphatic rings. The van der Waals surface area contributed by atoms with E-state index in [9.17, 15) is 13.6 Å². The quantitative estimate of drug-likeness (QED) is 0.614. The van der Waals surface area contributed by atoms with Crippen LogP contribution in [0.4, 0.5) is 8.78 Å². The highest BCUT2D eigenvalue weighted by Crippen LogP contribution is 2.35. The van der Waals surface area contributed by atoms with Crippen molar-refractivity contribution in [1.29, 1.82) is 0 Å². The fraction of sp³-hybridized carbons (Fsp3) is 0.364. The number of rotatable bonds is 4. The van der Waals surface area contributed by atoms with E-state index in [2.05, 4.69) is 9.73 Å². The number of alkyl halides is 2. The zero-order valence-corrected chi connectivity index (χ0v) is 9.96. The minimum Gasteiger partial charge on any atom is -0.434 e. The van der Waals surface area contributed by atoms with Crippen molar-refractivity contribution in [3.05, 3.63) is 28.8 Å². The van der Waals surface area contributed by atoms with Crippen molar-refractivity contribution in [2.45, 2.75) is 26.0 Å². The molecule has 0 amide bonds. The summed E-state index contributed by atoms with van der Waals surface area (Å²) in [5, 5.41) is 0.343. The summed E-state index contributed by atoms with van der Waals surface area (Å²) in [6.45, 7) is 0.190. The Morgan fingerprint density at radius 1 is 1.47 bits per heavy atom. The molecule has 6 heteroatoms. The Hall–Kier alpha value is -1.45. The van der Waals surface area contributed by atoms with Gasteiger partial charge in [0.2, 0.25) is 6.08 Å². The largest absolute Gasteiger partial charge is 0.434 e. The van der Waals surface area contributed by atoms with Gasteiger partial charge in [0.05, 0.1) is 5.54 Å². The summed E-state index contributed by atoms with van der Waals surface area (Å²) in [6, 6.07) is 4.16. The van der Waals surface area contributed by atoms with Gasteiger partial charge in [-0.15, -0.1) is 0 Å². The van der Waals surface area contributed by atoms with Crippen LogP contribution >= 0.6 is 11.6 Å². The summed E-state index contributed by atoms with van der Waals surface area (Å²) < 4.78 is 28.8. The minimum absolute atomic E-state index is 0.0617. The van der Waals surface area contributed by atoms with Crippen LogP contribution in [0.15, 0.2) is 23.2 Å². The van der Waals surface area contributed by atoms with Crippen molar-refractivity contribution in [2.75, 3.05) is 0 Å². The van der Waals surface area contributed by atoms with Gasteiger partial charge in [0.25, 0.3) is 0 Å². The monoisotopic (exact) mass is 261 g/mol.